The van der Waals surface area contributed by atoms with Crippen molar-refractivity contribution in [1.29, 1.82) is 0 Å². The molecule has 1 amide bonds. The second kappa shape index (κ2) is 11.5. The summed E-state index contributed by atoms with van der Waals surface area (Å²) in [5, 5.41) is 12.5. The summed E-state index contributed by atoms with van der Waals surface area (Å²) in [6.45, 7) is 2.40. The van der Waals surface area contributed by atoms with Gasteiger partial charge in [-0.15, -0.1) is 0 Å². The first-order chi connectivity index (χ1) is 17.1. The normalized spacial score (nSPS) is 22.4. The molecule has 1 fully saturated rings. The molecular formula is C24H22Cl5N3O4. The maximum absolute atomic E-state index is 11.9. The lowest BCUT2D eigenvalue weighted by Gasteiger charge is -2.41. The van der Waals surface area contributed by atoms with E-state index in [-0.39, 0.29) is 29.9 Å². The third-order valence-electron chi connectivity index (χ3n) is 5.93. The van der Waals surface area contributed by atoms with Crippen LogP contribution < -0.4 is 5.32 Å². The SMILES string of the molecule is CC1C(Cn2cnc(Cl)c2Cl)OC(c2ccc(NC(=O)C(Cl)(Cl)Cl)cc2)OC1c1ccc(CO)cc1. The van der Waals surface area contributed by atoms with Crippen LogP contribution in [0, 0.1) is 5.92 Å². The van der Waals surface area contributed by atoms with Crippen LogP contribution in [0.1, 0.15) is 36.0 Å². The first-order valence-corrected chi connectivity index (χ1v) is 12.8. The molecule has 2 heterocycles. The highest BCUT2D eigenvalue weighted by atomic mass is 35.6. The van der Waals surface area contributed by atoms with Gasteiger partial charge in [-0.25, -0.2) is 4.98 Å². The van der Waals surface area contributed by atoms with Crippen LogP contribution in [0.3, 0.4) is 0 Å². The lowest BCUT2D eigenvalue weighted by Crippen LogP contribution is -2.39. The van der Waals surface area contributed by atoms with E-state index < -0.39 is 16.0 Å². The molecule has 0 spiro atoms. The largest absolute Gasteiger partial charge is 0.392 e. The van der Waals surface area contributed by atoms with Gasteiger partial charge >= 0.3 is 0 Å². The highest BCUT2D eigenvalue weighted by molar-refractivity contribution is 6.76. The van der Waals surface area contributed by atoms with Gasteiger partial charge in [0.15, 0.2) is 11.4 Å². The number of aromatic nitrogens is 2. The number of ether oxygens (including phenoxy) is 2. The fourth-order valence-corrected chi connectivity index (χ4v) is 4.37. The fraction of sp³-hybridized carbons (Fsp3) is 0.333. The van der Waals surface area contributed by atoms with Gasteiger partial charge < -0.3 is 24.5 Å². The first-order valence-electron chi connectivity index (χ1n) is 10.9. The maximum atomic E-state index is 11.9. The quantitative estimate of drug-likeness (QED) is 0.320. The summed E-state index contributed by atoms with van der Waals surface area (Å²) in [5.74, 6) is -0.831. The number of anilines is 1. The van der Waals surface area contributed by atoms with Crippen LogP contribution in [0.4, 0.5) is 5.69 Å². The monoisotopic (exact) mass is 591 g/mol. The van der Waals surface area contributed by atoms with Crippen molar-refractivity contribution in [2.45, 2.75) is 42.4 Å². The van der Waals surface area contributed by atoms with Gasteiger partial charge in [0.25, 0.3) is 9.70 Å². The van der Waals surface area contributed by atoms with Gasteiger partial charge in [0.1, 0.15) is 5.15 Å². The number of aliphatic hydroxyl groups excluding tert-OH is 1. The lowest BCUT2D eigenvalue weighted by atomic mass is 9.90. The Kier molecular flexibility index (Phi) is 8.75. The van der Waals surface area contributed by atoms with Crippen molar-refractivity contribution in [2.75, 3.05) is 5.32 Å². The zero-order chi connectivity index (χ0) is 26.0. The van der Waals surface area contributed by atoms with Crippen molar-refractivity contribution >= 4 is 69.6 Å². The summed E-state index contributed by atoms with van der Waals surface area (Å²) in [4.78, 5) is 16.0. The number of alkyl halides is 3. The van der Waals surface area contributed by atoms with E-state index >= 15 is 0 Å². The Hall–Kier alpha value is -1.55. The summed E-state index contributed by atoms with van der Waals surface area (Å²) in [5.41, 5.74) is 2.93. The van der Waals surface area contributed by atoms with E-state index in [1.165, 1.54) is 0 Å². The van der Waals surface area contributed by atoms with Crippen LogP contribution >= 0.6 is 58.0 Å². The number of hydrogen-bond acceptors (Lipinski definition) is 5. The van der Waals surface area contributed by atoms with Crippen LogP contribution in [-0.4, -0.2) is 30.5 Å². The number of nitrogens with zero attached hydrogens (tertiary/aromatic N) is 2. The number of amides is 1. The molecule has 2 N–H and O–H groups in total. The van der Waals surface area contributed by atoms with E-state index in [0.29, 0.717) is 17.4 Å². The molecule has 1 aliphatic rings. The molecule has 12 heteroatoms. The predicted molar refractivity (Wildman–Crippen MR) is 141 cm³/mol. The van der Waals surface area contributed by atoms with E-state index in [2.05, 4.69) is 10.3 Å². The average Bonchev–Trinajstić information content (AvgIpc) is 3.17. The van der Waals surface area contributed by atoms with E-state index in [1.54, 1.807) is 35.2 Å². The lowest BCUT2D eigenvalue weighted by molar-refractivity contribution is -0.276. The molecular weight excluding hydrogens is 572 g/mol. The Morgan fingerprint density at radius 2 is 1.69 bits per heavy atom. The maximum Gasteiger partial charge on any atom is 0.276 e. The van der Waals surface area contributed by atoms with E-state index in [4.69, 9.17) is 67.5 Å². The highest BCUT2D eigenvalue weighted by Crippen LogP contribution is 2.42. The summed E-state index contributed by atoms with van der Waals surface area (Å²) in [6, 6.07) is 14.4. The molecule has 0 bridgehead atoms. The number of imidazole rings is 1. The van der Waals surface area contributed by atoms with E-state index in [9.17, 15) is 9.90 Å². The molecule has 0 saturated carbocycles. The van der Waals surface area contributed by atoms with Gasteiger partial charge in [0, 0.05) is 17.2 Å². The molecule has 0 aliphatic carbocycles. The van der Waals surface area contributed by atoms with Crippen LogP contribution in [0.25, 0.3) is 0 Å². The molecule has 3 aromatic rings. The summed E-state index contributed by atoms with van der Waals surface area (Å²) in [6.07, 6.45) is 0.225. The van der Waals surface area contributed by atoms with Crippen LogP contribution in [-0.2, 0) is 27.4 Å². The number of aliphatic hydroxyl groups is 1. The summed E-state index contributed by atoms with van der Waals surface area (Å²) >= 11 is 29.2. The molecule has 1 saturated heterocycles. The second-order valence-electron chi connectivity index (χ2n) is 8.37. The number of rotatable bonds is 6. The zero-order valence-electron chi connectivity index (χ0n) is 18.9. The van der Waals surface area contributed by atoms with Crippen LogP contribution in [0.2, 0.25) is 10.3 Å². The Morgan fingerprint density at radius 3 is 2.25 bits per heavy atom. The Balaban J connectivity index is 1.60. The van der Waals surface area contributed by atoms with Gasteiger partial charge in [-0.3, -0.25) is 4.79 Å². The van der Waals surface area contributed by atoms with Crippen molar-refractivity contribution in [3.63, 3.8) is 0 Å². The molecule has 0 radical (unpaired) electrons. The summed E-state index contributed by atoms with van der Waals surface area (Å²) in [7, 11) is 0. The van der Waals surface area contributed by atoms with Crippen LogP contribution in [0.5, 0.6) is 0 Å². The minimum Gasteiger partial charge on any atom is -0.392 e. The molecule has 7 nitrogen and oxygen atoms in total. The molecule has 4 atom stereocenters. The number of benzene rings is 2. The zero-order valence-corrected chi connectivity index (χ0v) is 22.7. The smallest absolute Gasteiger partial charge is 0.276 e. The summed E-state index contributed by atoms with van der Waals surface area (Å²) < 4.78 is 12.4. The molecule has 1 aromatic heterocycles. The number of nitrogens with one attached hydrogen (secondary N) is 1. The molecule has 1 aliphatic heterocycles. The van der Waals surface area contributed by atoms with Crippen molar-refractivity contribution in [1.82, 2.24) is 9.55 Å². The number of carbonyl (C=O) groups is 1. The number of halogens is 5. The van der Waals surface area contributed by atoms with Gasteiger partial charge in [0.2, 0.25) is 0 Å². The fourth-order valence-electron chi connectivity index (χ4n) is 3.92. The Bertz CT molecular complexity index is 1200. The molecule has 36 heavy (non-hydrogen) atoms. The predicted octanol–water partition coefficient (Wildman–Crippen LogP) is 6.48. The first kappa shape index (κ1) is 27.5. The second-order valence-corrected chi connectivity index (χ2v) is 11.4. The molecule has 2 aromatic carbocycles. The van der Waals surface area contributed by atoms with Gasteiger partial charge in [-0.1, -0.05) is 101 Å². The van der Waals surface area contributed by atoms with Gasteiger partial charge in [-0.2, -0.15) is 0 Å². The third-order valence-corrected chi connectivity index (χ3v) is 7.22. The van der Waals surface area contributed by atoms with Crippen molar-refractivity contribution in [3.05, 3.63) is 81.9 Å². The standard InChI is InChI=1S/C24H22Cl5N3O4/c1-13-18(10-32-12-30-20(25)21(32)26)35-22(36-19(13)15-4-2-14(11-33)3-5-15)16-6-8-17(9-7-16)31-23(34)24(27,28)29/h2-9,12-13,18-19,22,33H,10-11H2,1H3,(H,31,34). The highest BCUT2D eigenvalue weighted by Gasteiger charge is 2.39. The van der Waals surface area contributed by atoms with Gasteiger partial charge in [0.05, 0.1) is 31.7 Å². The molecule has 192 valence electrons. The minimum absolute atomic E-state index is 0.0449. The van der Waals surface area contributed by atoms with Crippen molar-refractivity contribution in [2.24, 2.45) is 5.92 Å². The molecule has 4 unspecified atom stereocenters. The Labute approximate surface area is 233 Å². The van der Waals surface area contributed by atoms with Crippen molar-refractivity contribution < 1.29 is 19.4 Å². The van der Waals surface area contributed by atoms with Crippen LogP contribution in [0.15, 0.2) is 54.9 Å². The van der Waals surface area contributed by atoms with E-state index in [0.717, 1.165) is 16.7 Å². The minimum atomic E-state index is -2.08. The Morgan fingerprint density at radius 1 is 1.06 bits per heavy atom. The van der Waals surface area contributed by atoms with E-state index in [1.807, 2.05) is 31.2 Å². The number of carbonyl (C=O) groups excluding carboxylic acids is 1. The van der Waals surface area contributed by atoms with Gasteiger partial charge in [-0.05, 0) is 23.3 Å². The topological polar surface area (TPSA) is 85.6 Å². The number of hydrogen-bond donors (Lipinski definition) is 2. The third kappa shape index (κ3) is 6.29. The van der Waals surface area contributed by atoms with Crippen molar-refractivity contribution in [3.8, 4) is 0 Å². The molecule has 4 rings (SSSR count). The average molecular weight is 594 g/mol.